The number of aromatic nitrogens is 2. The SMILES string of the molecule is COC(=O)C1CCC(N(C)Cc2cc(Cl)c(Cn3ncc4c(Br)cccc43)cc2[N+](=O)[O-])CC1. The summed E-state index contributed by atoms with van der Waals surface area (Å²) in [7, 11) is 3.38. The summed E-state index contributed by atoms with van der Waals surface area (Å²) < 4.78 is 7.59. The van der Waals surface area contributed by atoms with Crippen molar-refractivity contribution in [2.24, 2.45) is 5.92 Å². The number of hydrogen-bond donors (Lipinski definition) is 0. The molecule has 4 rings (SSSR count). The van der Waals surface area contributed by atoms with E-state index in [0.29, 0.717) is 29.2 Å². The van der Waals surface area contributed by atoms with Crippen LogP contribution < -0.4 is 0 Å². The van der Waals surface area contributed by atoms with Crippen molar-refractivity contribution in [3.05, 3.63) is 67.3 Å². The molecule has 0 bridgehead atoms. The monoisotopic (exact) mass is 548 g/mol. The molecule has 0 radical (unpaired) electrons. The molecule has 0 aliphatic heterocycles. The summed E-state index contributed by atoms with van der Waals surface area (Å²) in [6.07, 6.45) is 4.98. The molecule has 10 heteroatoms. The molecule has 0 spiro atoms. The van der Waals surface area contributed by atoms with E-state index in [1.165, 1.54) is 7.11 Å². The van der Waals surface area contributed by atoms with Gasteiger partial charge >= 0.3 is 5.97 Å². The third-order valence-electron chi connectivity index (χ3n) is 6.67. The predicted octanol–water partition coefficient (Wildman–Crippen LogP) is 5.57. The Morgan fingerprint density at radius 3 is 2.71 bits per heavy atom. The van der Waals surface area contributed by atoms with Crippen LogP contribution in [-0.2, 0) is 22.6 Å². The van der Waals surface area contributed by atoms with Crippen molar-refractivity contribution >= 4 is 50.1 Å². The molecule has 3 aromatic rings. The van der Waals surface area contributed by atoms with Crippen LogP contribution in [0.15, 0.2) is 41.0 Å². The van der Waals surface area contributed by atoms with Gasteiger partial charge in [-0.3, -0.25) is 24.5 Å². The van der Waals surface area contributed by atoms with E-state index in [9.17, 15) is 14.9 Å². The van der Waals surface area contributed by atoms with Gasteiger partial charge in [0.15, 0.2) is 0 Å². The van der Waals surface area contributed by atoms with Gasteiger partial charge in [-0.25, -0.2) is 0 Å². The normalized spacial score (nSPS) is 18.4. The highest BCUT2D eigenvalue weighted by Gasteiger charge is 2.30. The van der Waals surface area contributed by atoms with Gasteiger partial charge in [0.2, 0.25) is 0 Å². The number of ether oxygens (including phenoxy) is 1. The maximum atomic E-state index is 11.9. The number of fused-ring (bicyclic) bond motifs is 1. The number of benzene rings is 2. The fraction of sp³-hybridized carbons (Fsp3) is 0.417. The lowest BCUT2D eigenvalue weighted by molar-refractivity contribution is -0.385. The molecule has 0 N–H and O–H groups in total. The van der Waals surface area contributed by atoms with E-state index in [4.69, 9.17) is 16.3 Å². The van der Waals surface area contributed by atoms with Crippen LogP contribution >= 0.6 is 27.5 Å². The van der Waals surface area contributed by atoms with Gasteiger partial charge in [0.1, 0.15) is 0 Å². The number of methoxy groups -OCH3 is 1. The Bertz CT molecular complexity index is 1220. The van der Waals surface area contributed by atoms with Crippen LogP contribution in [0.25, 0.3) is 10.9 Å². The van der Waals surface area contributed by atoms with Crippen LogP contribution in [0.4, 0.5) is 5.69 Å². The van der Waals surface area contributed by atoms with Gasteiger partial charge in [0, 0.05) is 39.1 Å². The van der Waals surface area contributed by atoms with E-state index < -0.39 is 0 Å². The fourth-order valence-electron chi connectivity index (χ4n) is 4.74. The van der Waals surface area contributed by atoms with Crippen LogP contribution in [0.3, 0.4) is 0 Å². The average molecular weight is 550 g/mol. The van der Waals surface area contributed by atoms with Gasteiger partial charge < -0.3 is 4.74 Å². The van der Waals surface area contributed by atoms with Crippen LogP contribution in [0.5, 0.6) is 0 Å². The first-order valence-corrected chi connectivity index (χ1v) is 12.3. The molecule has 1 aliphatic carbocycles. The minimum Gasteiger partial charge on any atom is -0.469 e. The van der Waals surface area contributed by atoms with Gasteiger partial charge in [-0.2, -0.15) is 5.10 Å². The van der Waals surface area contributed by atoms with Crippen molar-refractivity contribution in [2.75, 3.05) is 14.2 Å². The van der Waals surface area contributed by atoms with Crippen LogP contribution in [0.1, 0.15) is 36.8 Å². The standard InChI is InChI=1S/C24H26BrClN4O4/c1-28(18-8-6-15(7-9-18)24(31)34-2)13-17-10-21(26)16(11-23(17)30(32)33)14-29-22-5-3-4-20(25)19(22)12-27-29/h3-5,10-12,15,18H,6-9,13-14H2,1-2H3. The number of carbonyl (C=O) groups excluding carboxylic acids is 1. The smallest absolute Gasteiger partial charge is 0.308 e. The van der Waals surface area contributed by atoms with Gasteiger partial charge in [-0.15, -0.1) is 0 Å². The Kier molecular flexibility index (Phi) is 7.54. The first-order chi connectivity index (χ1) is 16.3. The molecule has 0 atom stereocenters. The summed E-state index contributed by atoms with van der Waals surface area (Å²) in [6.45, 7) is 0.731. The predicted molar refractivity (Wildman–Crippen MR) is 134 cm³/mol. The molecular weight excluding hydrogens is 524 g/mol. The molecule has 8 nitrogen and oxygen atoms in total. The summed E-state index contributed by atoms with van der Waals surface area (Å²) in [4.78, 5) is 25.5. The Balaban J connectivity index is 1.53. The van der Waals surface area contributed by atoms with Crippen LogP contribution in [0.2, 0.25) is 5.02 Å². The molecule has 1 aromatic heterocycles. The minimum absolute atomic E-state index is 0.0483. The van der Waals surface area contributed by atoms with Gasteiger partial charge in [0.05, 0.1) is 36.2 Å². The number of nitrogens with zero attached hydrogens (tertiary/aromatic N) is 4. The largest absolute Gasteiger partial charge is 0.469 e. The molecule has 0 amide bonds. The zero-order chi connectivity index (χ0) is 24.4. The maximum absolute atomic E-state index is 11.9. The summed E-state index contributed by atoms with van der Waals surface area (Å²) in [5, 5.41) is 17.8. The lowest BCUT2D eigenvalue weighted by Crippen LogP contribution is -2.36. The number of esters is 1. The quantitative estimate of drug-likeness (QED) is 0.217. The molecular formula is C24H26BrClN4O4. The van der Waals surface area contributed by atoms with Crippen molar-refractivity contribution < 1.29 is 14.5 Å². The second kappa shape index (κ2) is 10.4. The third-order valence-corrected chi connectivity index (χ3v) is 7.72. The van der Waals surface area contributed by atoms with Crippen molar-refractivity contribution in [3.8, 4) is 0 Å². The van der Waals surface area contributed by atoms with E-state index in [0.717, 1.165) is 41.1 Å². The highest BCUT2D eigenvalue weighted by Crippen LogP contribution is 2.33. The molecule has 2 aromatic carbocycles. The lowest BCUT2D eigenvalue weighted by Gasteiger charge is -2.33. The number of nitro benzene ring substituents is 1. The van der Waals surface area contributed by atoms with Crippen LogP contribution in [0, 0.1) is 16.0 Å². The average Bonchev–Trinajstić information content (AvgIpc) is 3.24. The second-order valence-corrected chi connectivity index (χ2v) is 10.0. The Labute approximate surface area is 211 Å². The molecule has 1 heterocycles. The summed E-state index contributed by atoms with van der Waals surface area (Å²) in [5.41, 5.74) is 2.18. The zero-order valence-corrected chi connectivity index (χ0v) is 21.4. The minimum atomic E-state index is -0.352. The summed E-state index contributed by atoms with van der Waals surface area (Å²) >= 11 is 10.1. The van der Waals surface area contributed by atoms with Crippen LogP contribution in [-0.4, -0.2) is 45.8 Å². The first-order valence-electron chi connectivity index (χ1n) is 11.1. The van der Waals surface area contributed by atoms with Gasteiger partial charge in [-0.1, -0.05) is 33.6 Å². The zero-order valence-electron chi connectivity index (χ0n) is 19.0. The molecule has 0 saturated heterocycles. The summed E-state index contributed by atoms with van der Waals surface area (Å²) in [5.74, 6) is -0.215. The van der Waals surface area contributed by atoms with E-state index in [1.807, 2.05) is 25.2 Å². The van der Waals surface area contributed by atoms with Crippen molar-refractivity contribution in [2.45, 2.75) is 44.8 Å². The molecule has 0 unspecified atom stereocenters. The highest BCUT2D eigenvalue weighted by atomic mass is 79.9. The summed E-state index contributed by atoms with van der Waals surface area (Å²) in [6, 6.07) is 9.32. The number of rotatable bonds is 7. The second-order valence-electron chi connectivity index (χ2n) is 8.75. The van der Waals surface area contributed by atoms with Gasteiger partial charge in [-0.05, 0) is 56.5 Å². The van der Waals surface area contributed by atoms with Crippen molar-refractivity contribution in [3.63, 3.8) is 0 Å². The number of carbonyl (C=O) groups is 1. The Morgan fingerprint density at radius 2 is 2.03 bits per heavy atom. The van der Waals surface area contributed by atoms with Gasteiger partial charge in [0.25, 0.3) is 5.69 Å². The molecule has 1 aliphatic rings. The lowest BCUT2D eigenvalue weighted by atomic mass is 9.85. The van der Waals surface area contributed by atoms with E-state index in [1.54, 1.807) is 23.0 Å². The number of halogens is 2. The van der Waals surface area contributed by atoms with E-state index in [2.05, 4.69) is 25.9 Å². The molecule has 1 fully saturated rings. The van der Waals surface area contributed by atoms with E-state index >= 15 is 0 Å². The highest BCUT2D eigenvalue weighted by molar-refractivity contribution is 9.10. The van der Waals surface area contributed by atoms with E-state index in [-0.39, 0.29) is 28.5 Å². The van der Waals surface area contributed by atoms with Crippen molar-refractivity contribution in [1.29, 1.82) is 0 Å². The molecule has 1 saturated carbocycles. The third kappa shape index (κ3) is 5.11. The topological polar surface area (TPSA) is 90.5 Å². The molecule has 180 valence electrons. The maximum Gasteiger partial charge on any atom is 0.308 e. The number of nitro groups is 1. The molecule has 34 heavy (non-hydrogen) atoms. The fourth-order valence-corrected chi connectivity index (χ4v) is 5.44. The van der Waals surface area contributed by atoms with Crippen molar-refractivity contribution in [1.82, 2.24) is 14.7 Å². The first kappa shape index (κ1) is 24.6. The Hall–Kier alpha value is -2.49. The Morgan fingerprint density at radius 1 is 1.29 bits per heavy atom. The number of hydrogen-bond acceptors (Lipinski definition) is 6.